The molecule has 1 unspecified atom stereocenters. The van der Waals surface area contributed by atoms with Gasteiger partial charge in [0.05, 0.1) is 12.7 Å². The Kier molecular flexibility index (Phi) is 5.26. The van der Waals surface area contributed by atoms with Crippen LogP contribution < -0.4 is 5.73 Å². The number of aliphatic hydroxyl groups is 1. The summed E-state index contributed by atoms with van der Waals surface area (Å²) in [7, 11) is 1.73. The van der Waals surface area contributed by atoms with Gasteiger partial charge in [-0.25, -0.2) is 0 Å². The molecule has 3 aliphatic heterocycles. The van der Waals surface area contributed by atoms with E-state index in [1.807, 2.05) is 0 Å². The highest BCUT2D eigenvalue weighted by molar-refractivity contribution is 5.85. The average molecular weight is 324 g/mol. The van der Waals surface area contributed by atoms with Gasteiger partial charge in [-0.2, -0.15) is 0 Å². The lowest BCUT2D eigenvalue weighted by Crippen LogP contribution is -2.60. The molecular weight excluding hydrogens is 294 g/mol. The molecule has 6 heteroatoms. The lowest BCUT2D eigenvalue weighted by Gasteiger charge is -2.43. The number of amides is 1. The maximum absolute atomic E-state index is 12.1. The molecule has 3 rings (SSSR count). The number of fused-ring (bicyclic) bond motifs is 2. The highest BCUT2D eigenvalue weighted by atomic mass is 16.5. The predicted octanol–water partition coefficient (Wildman–Crippen LogP) is 0.145. The zero-order chi connectivity index (χ0) is 16.4. The summed E-state index contributed by atoms with van der Waals surface area (Å²) in [6.45, 7) is 2.93. The minimum Gasteiger partial charge on any atom is -0.390 e. The number of carbonyl (C=O) groups excluding carboxylic acids is 1. The van der Waals surface area contributed by atoms with E-state index in [0.29, 0.717) is 25.2 Å². The second kappa shape index (κ2) is 7.05. The second-order valence-corrected chi connectivity index (χ2v) is 7.37. The Hall–Kier alpha value is -0.690. The SMILES string of the molecule is COCC1CCCN1C[C@H](O)CN1[C@@H]2C[CH]C[C@@]1(C(N)=O)CC2. The summed E-state index contributed by atoms with van der Waals surface area (Å²) in [5.41, 5.74) is 5.17. The molecule has 23 heavy (non-hydrogen) atoms. The molecule has 3 saturated heterocycles. The number of hydrogen-bond donors (Lipinski definition) is 2. The number of β-amino-alcohol motifs (C(OH)–C–C–N with tert-alkyl or cyclic N) is 1. The molecule has 0 aromatic heterocycles. The van der Waals surface area contributed by atoms with Crippen LogP contribution in [-0.4, -0.2) is 77.9 Å². The molecule has 4 atom stereocenters. The smallest absolute Gasteiger partial charge is 0.237 e. The minimum atomic E-state index is -0.555. The van der Waals surface area contributed by atoms with Crippen LogP contribution in [0.15, 0.2) is 0 Å². The molecule has 3 N–H and O–H groups in total. The van der Waals surface area contributed by atoms with Crippen LogP contribution in [-0.2, 0) is 9.53 Å². The third-order valence-corrected chi connectivity index (χ3v) is 5.97. The van der Waals surface area contributed by atoms with Gasteiger partial charge in [-0.15, -0.1) is 0 Å². The van der Waals surface area contributed by atoms with E-state index < -0.39 is 11.6 Å². The highest BCUT2D eigenvalue weighted by Crippen LogP contribution is 2.43. The molecule has 3 fully saturated rings. The molecule has 3 heterocycles. The van der Waals surface area contributed by atoms with Crippen LogP contribution in [0.3, 0.4) is 0 Å². The average Bonchev–Trinajstić information content (AvgIpc) is 3.00. The van der Waals surface area contributed by atoms with Crippen molar-refractivity contribution in [2.24, 2.45) is 5.73 Å². The van der Waals surface area contributed by atoms with Crippen LogP contribution in [0.4, 0.5) is 0 Å². The Morgan fingerprint density at radius 2 is 2.30 bits per heavy atom. The summed E-state index contributed by atoms with van der Waals surface area (Å²) in [5, 5.41) is 10.6. The van der Waals surface area contributed by atoms with Gasteiger partial charge in [0.1, 0.15) is 5.54 Å². The molecule has 3 aliphatic rings. The first kappa shape index (κ1) is 17.1. The summed E-state index contributed by atoms with van der Waals surface area (Å²) >= 11 is 0. The highest BCUT2D eigenvalue weighted by Gasteiger charge is 2.53. The number of methoxy groups -OCH3 is 1. The molecule has 131 valence electrons. The first-order valence-electron chi connectivity index (χ1n) is 8.86. The number of likely N-dealkylation sites (tertiary alicyclic amines) is 1. The van der Waals surface area contributed by atoms with Crippen molar-refractivity contribution in [2.75, 3.05) is 33.4 Å². The number of carbonyl (C=O) groups is 1. The number of nitrogens with zero attached hydrogens (tertiary/aromatic N) is 2. The van der Waals surface area contributed by atoms with Gasteiger partial charge < -0.3 is 15.6 Å². The van der Waals surface area contributed by atoms with E-state index in [0.717, 1.165) is 51.7 Å². The molecule has 0 aromatic carbocycles. The maximum Gasteiger partial charge on any atom is 0.237 e. The number of primary amides is 1. The molecule has 2 bridgehead atoms. The van der Waals surface area contributed by atoms with Gasteiger partial charge in [0.25, 0.3) is 0 Å². The maximum atomic E-state index is 12.1. The monoisotopic (exact) mass is 324 g/mol. The number of piperidine rings is 1. The fourth-order valence-electron chi connectivity index (χ4n) is 4.79. The second-order valence-electron chi connectivity index (χ2n) is 7.37. The summed E-state index contributed by atoms with van der Waals surface area (Å²) < 4.78 is 5.28. The molecule has 1 amide bonds. The van der Waals surface area contributed by atoms with Crippen molar-refractivity contribution in [3.05, 3.63) is 6.42 Å². The summed E-state index contributed by atoms with van der Waals surface area (Å²) in [6, 6.07) is 0.769. The number of rotatable bonds is 7. The Bertz CT molecular complexity index is 429. The van der Waals surface area contributed by atoms with Crippen LogP contribution in [0.2, 0.25) is 0 Å². The van der Waals surface area contributed by atoms with E-state index in [1.165, 1.54) is 0 Å². The van der Waals surface area contributed by atoms with Gasteiger partial charge in [0.15, 0.2) is 0 Å². The fourth-order valence-corrected chi connectivity index (χ4v) is 4.79. The molecule has 1 radical (unpaired) electrons. The van der Waals surface area contributed by atoms with Gasteiger partial charge >= 0.3 is 0 Å². The summed E-state index contributed by atoms with van der Waals surface area (Å²) in [5.74, 6) is -0.235. The van der Waals surface area contributed by atoms with Crippen molar-refractivity contribution in [3.8, 4) is 0 Å². The lowest BCUT2D eigenvalue weighted by molar-refractivity contribution is -0.131. The Morgan fingerprint density at radius 3 is 3.04 bits per heavy atom. The van der Waals surface area contributed by atoms with Crippen molar-refractivity contribution >= 4 is 5.91 Å². The third kappa shape index (κ3) is 3.27. The van der Waals surface area contributed by atoms with Crippen LogP contribution in [0.25, 0.3) is 0 Å². The number of hydrogen-bond acceptors (Lipinski definition) is 5. The summed E-state index contributed by atoms with van der Waals surface area (Å²) in [6.07, 6.45) is 7.58. The fraction of sp³-hybridized carbons (Fsp3) is 0.882. The van der Waals surface area contributed by atoms with Crippen molar-refractivity contribution in [1.82, 2.24) is 9.80 Å². The van der Waals surface area contributed by atoms with Crippen molar-refractivity contribution < 1.29 is 14.6 Å². The van der Waals surface area contributed by atoms with Gasteiger partial charge in [0, 0.05) is 32.3 Å². The van der Waals surface area contributed by atoms with E-state index in [-0.39, 0.29) is 5.91 Å². The first-order valence-corrected chi connectivity index (χ1v) is 8.86. The molecule has 0 spiro atoms. The number of aliphatic hydroxyl groups excluding tert-OH is 1. The largest absolute Gasteiger partial charge is 0.390 e. The van der Waals surface area contributed by atoms with Gasteiger partial charge in [-0.3, -0.25) is 14.6 Å². The van der Waals surface area contributed by atoms with Crippen LogP contribution in [0, 0.1) is 6.42 Å². The normalized spacial score (nSPS) is 36.4. The zero-order valence-electron chi connectivity index (χ0n) is 14.1. The predicted molar refractivity (Wildman–Crippen MR) is 87.7 cm³/mol. The van der Waals surface area contributed by atoms with Crippen molar-refractivity contribution in [2.45, 2.75) is 62.3 Å². The molecule has 0 aliphatic carbocycles. The molecule has 0 aromatic rings. The van der Waals surface area contributed by atoms with Gasteiger partial charge in [0.2, 0.25) is 5.91 Å². The van der Waals surface area contributed by atoms with E-state index in [4.69, 9.17) is 10.5 Å². The molecule has 6 nitrogen and oxygen atoms in total. The lowest BCUT2D eigenvalue weighted by atomic mass is 9.87. The Balaban J connectivity index is 1.61. The van der Waals surface area contributed by atoms with E-state index in [1.54, 1.807) is 7.11 Å². The van der Waals surface area contributed by atoms with Crippen molar-refractivity contribution in [1.29, 1.82) is 0 Å². The molecular formula is C17H30N3O3. The molecule has 0 saturated carbocycles. The first-order chi connectivity index (χ1) is 11.1. The van der Waals surface area contributed by atoms with E-state index in [9.17, 15) is 9.90 Å². The van der Waals surface area contributed by atoms with Crippen LogP contribution in [0.5, 0.6) is 0 Å². The number of nitrogens with two attached hydrogens (primary N) is 1. The van der Waals surface area contributed by atoms with Gasteiger partial charge in [-0.1, -0.05) is 0 Å². The van der Waals surface area contributed by atoms with Crippen LogP contribution >= 0.6 is 0 Å². The standard InChI is InChI=1S/C17H30N3O3/c1-23-12-14-5-3-9-19(14)10-15(21)11-20-13-4-2-7-17(20,8-6-13)16(18)22/h2,13-15,21H,3-12H2,1H3,(H2,18,22)/t13-,14?,15+,17+/m1/s1. The number of ether oxygens (including phenoxy) is 1. The Labute approximate surface area is 138 Å². The topological polar surface area (TPSA) is 79.0 Å². The van der Waals surface area contributed by atoms with Crippen molar-refractivity contribution in [3.63, 3.8) is 0 Å². The summed E-state index contributed by atoms with van der Waals surface area (Å²) in [4.78, 5) is 16.6. The van der Waals surface area contributed by atoms with Gasteiger partial charge in [-0.05, 0) is 51.5 Å². The van der Waals surface area contributed by atoms with E-state index >= 15 is 0 Å². The minimum absolute atomic E-state index is 0.235. The zero-order valence-corrected chi connectivity index (χ0v) is 14.1. The third-order valence-electron chi connectivity index (χ3n) is 5.97. The van der Waals surface area contributed by atoms with E-state index in [2.05, 4.69) is 16.2 Å². The van der Waals surface area contributed by atoms with Crippen LogP contribution in [0.1, 0.15) is 38.5 Å². The Morgan fingerprint density at radius 1 is 1.48 bits per heavy atom. The quantitative estimate of drug-likeness (QED) is 0.697.